The highest BCUT2D eigenvalue weighted by atomic mass is 35.5. The Morgan fingerprint density at radius 3 is 2.45 bits per heavy atom. The molecular formula is C14H13ClN2O4S. The van der Waals surface area contributed by atoms with Crippen LogP contribution in [0.15, 0.2) is 41.3 Å². The molecule has 0 atom stereocenters. The monoisotopic (exact) mass is 340 g/mol. The van der Waals surface area contributed by atoms with Crippen molar-refractivity contribution in [2.24, 2.45) is 0 Å². The molecule has 1 N–H and O–H groups in total. The van der Waals surface area contributed by atoms with Crippen LogP contribution in [0.25, 0.3) is 0 Å². The molecule has 0 saturated heterocycles. The maximum Gasteiger partial charge on any atom is 0.273 e. The summed E-state index contributed by atoms with van der Waals surface area (Å²) in [7, 11) is -3.94. The molecule has 22 heavy (non-hydrogen) atoms. The fraction of sp³-hybridized carbons (Fsp3) is 0.143. The van der Waals surface area contributed by atoms with Gasteiger partial charge in [-0.3, -0.25) is 14.8 Å². The molecule has 6 nitrogen and oxygen atoms in total. The molecule has 8 heteroatoms. The van der Waals surface area contributed by atoms with Crippen molar-refractivity contribution in [3.8, 4) is 0 Å². The summed E-state index contributed by atoms with van der Waals surface area (Å²) in [5.74, 6) is 0. The van der Waals surface area contributed by atoms with Gasteiger partial charge in [-0.05, 0) is 37.6 Å². The summed E-state index contributed by atoms with van der Waals surface area (Å²) < 4.78 is 27.2. The van der Waals surface area contributed by atoms with Gasteiger partial charge in [-0.1, -0.05) is 23.7 Å². The lowest BCUT2D eigenvalue weighted by atomic mass is 10.2. The van der Waals surface area contributed by atoms with Crippen molar-refractivity contribution >= 4 is 33.0 Å². The van der Waals surface area contributed by atoms with Crippen molar-refractivity contribution in [1.82, 2.24) is 0 Å². The van der Waals surface area contributed by atoms with Crippen LogP contribution in [-0.4, -0.2) is 13.3 Å². The van der Waals surface area contributed by atoms with Crippen molar-refractivity contribution < 1.29 is 13.3 Å². The molecule has 0 fully saturated rings. The zero-order chi connectivity index (χ0) is 16.5. The minimum absolute atomic E-state index is 0.0817. The van der Waals surface area contributed by atoms with Crippen molar-refractivity contribution in [2.75, 3.05) is 4.72 Å². The Morgan fingerprint density at radius 2 is 1.86 bits per heavy atom. The highest BCUT2D eigenvalue weighted by Crippen LogP contribution is 2.27. The van der Waals surface area contributed by atoms with E-state index in [1.165, 1.54) is 31.2 Å². The highest BCUT2D eigenvalue weighted by molar-refractivity contribution is 7.92. The number of sulfonamides is 1. The van der Waals surface area contributed by atoms with Gasteiger partial charge in [0.1, 0.15) is 0 Å². The Morgan fingerprint density at radius 1 is 1.18 bits per heavy atom. The van der Waals surface area contributed by atoms with E-state index < -0.39 is 14.9 Å². The molecule has 0 bridgehead atoms. The summed E-state index contributed by atoms with van der Waals surface area (Å²) in [6.45, 7) is 3.19. The number of nitro benzene ring substituents is 1. The van der Waals surface area contributed by atoms with E-state index in [0.29, 0.717) is 10.7 Å². The first kappa shape index (κ1) is 16.3. The number of nitrogens with zero attached hydrogens (tertiary/aromatic N) is 1. The average molecular weight is 341 g/mol. The minimum Gasteiger partial charge on any atom is -0.280 e. The van der Waals surface area contributed by atoms with Gasteiger partial charge in [0, 0.05) is 16.7 Å². The van der Waals surface area contributed by atoms with E-state index in [-0.39, 0.29) is 16.1 Å². The first-order chi connectivity index (χ1) is 10.2. The van der Waals surface area contributed by atoms with Gasteiger partial charge >= 0.3 is 0 Å². The minimum atomic E-state index is -3.94. The third-order valence-electron chi connectivity index (χ3n) is 3.17. The van der Waals surface area contributed by atoms with Crippen LogP contribution in [0.2, 0.25) is 5.02 Å². The summed E-state index contributed by atoms with van der Waals surface area (Å²) in [6.07, 6.45) is 0. The zero-order valence-corrected chi connectivity index (χ0v) is 13.4. The quantitative estimate of drug-likeness (QED) is 0.679. The average Bonchev–Trinajstić information content (AvgIpc) is 2.42. The molecule has 2 rings (SSSR count). The van der Waals surface area contributed by atoms with Gasteiger partial charge in [-0.25, -0.2) is 8.42 Å². The lowest BCUT2D eigenvalue weighted by molar-refractivity contribution is -0.385. The molecule has 0 unspecified atom stereocenters. The number of anilines is 1. The largest absolute Gasteiger partial charge is 0.280 e. The molecule has 0 amide bonds. The molecule has 2 aromatic carbocycles. The van der Waals surface area contributed by atoms with Crippen LogP contribution in [0.3, 0.4) is 0 Å². The van der Waals surface area contributed by atoms with Gasteiger partial charge < -0.3 is 0 Å². The van der Waals surface area contributed by atoms with Gasteiger partial charge in [0.2, 0.25) is 0 Å². The number of benzene rings is 2. The maximum absolute atomic E-state index is 12.4. The van der Waals surface area contributed by atoms with Crippen LogP contribution in [0, 0.1) is 24.0 Å². The summed E-state index contributed by atoms with van der Waals surface area (Å²) in [5.41, 5.74) is 0.945. The Balaban J connectivity index is 2.45. The third-order valence-corrected chi connectivity index (χ3v) is 5.10. The summed E-state index contributed by atoms with van der Waals surface area (Å²) >= 11 is 5.96. The standard InChI is InChI=1S/C14H13ClN2O4S/c1-9-6-7-11(8-12(9)15)16-22(20,21)14-5-3-4-13(10(14)2)17(18)19/h3-8,16H,1-2H3. The molecule has 0 aliphatic heterocycles. The fourth-order valence-corrected chi connectivity index (χ4v) is 3.45. The van der Waals surface area contributed by atoms with Crippen molar-refractivity contribution in [3.63, 3.8) is 0 Å². The van der Waals surface area contributed by atoms with Crippen LogP contribution >= 0.6 is 11.6 Å². The number of nitro groups is 1. The molecule has 0 saturated carbocycles. The van der Waals surface area contributed by atoms with Crippen molar-refractivity contribution in [2.45, 2.75) is 18.7 Å². The lowest BCUT2D eigenvalue weighted by Crippen LogP contribution is -2.15. The highest BCUT2D eigenvalue weighted by Gasteiger charge is 2.23. The first-order valence-electron chi connectivity index (χ1n) is 6.25. The number of hydrogen-bond acceptors (Lipinski definition) is 4. The second-order valence-corrected chi connectivity index (χ2v) is 6.78. The van der Waals surface area contributed by atoms with E-state index in [0.717, 1.165) is 5.56 Å². The van der Waals surface area contributed by atoms with Gasteiger partial charge in [0.05, 0.1) is 15.5 Å². The van der Waals surface area contributed by atoms with E-state index in [1.807, 2.05) is 0 Å². The van der Waals surface area contributed by atoms with Gasteiger partial charge in [-0.2, -0.15) is 0 Å². The van der Waals surface area contributed by atoms with Crippen LogP contribution in [0.5, 0.6) is 0 Å². The van der Waals surface area contributed by atoms with Crippen molar-refractivity contribution in [1.29, 1.82) is 0 Å². The number of nitrogens with one attached hydrogen (secondary N) is 1. The van der Waals surface area contributed by atoms with Crippen molar-refractivity contribution in [3.05, 3.63) is 62.7 Å². The molecule has 116 valence electrons. The van der Waals surface area contributed by atoms with Crippen LogP contribution in [0.4, 0.5) is 11.4 Å². The topological polar surface area (TPSA) is 89.3 Å². The van der Waals surface area contributed by atoms with E-state index in [2.05, 4.69) is 4.72 Å². The Bertz CT molecular complexity index is 850. The molecule has 0 radical (unpaired) electrons. The van der Waals surface area contributed by atoms with E-state index in [9.17, 15) is 18.5 Å². The lowest BCUT2D eigenvalue weighted by Gasteiger charge is -2.11. The summed E-state index contributed by atoms with van der Waals surface area (Å²) in [6, 6.07) is 8.66. The number of aryl methyl sites for hydroxylation is 1. The number of halogens is 1. The van der Waals surface area contributed by atoms with E-state index in [1.54, 1.807) is 19.1 Å². The molecule has 0 aliphatic rings. The molecule has 0 aliphatic carbocycles. The first-order valence-corrected chi connectivity index (χ1v) is 8.11. The predicted molar refractivity (Wildman–Crippen MR) is 84.8 cm³/mol. The molecular weight excluding hydrogens is 328 g/mol. The Labute approximate surface area is 132 Å². The van der Waals surface area contributed by atoms with Gasteiger partial charge in [0.25, 0.3) is 15.7 Å². The van der Waals surface area contributed by atoms with Crippen LogP contribution < -0.4 is 4.72 Å². The predicted octanol–water partition coefficient (Wildman–Crippen LogP) is 3.67. The summed E-state index contributed by atoms with van der Waals surface area (Å²) in [5, 5.41) is 11.3. The number of hydrogen-bond donors (Lipinski definition) is 1. The SMILES string of the molecule is Cc1ccc(NS(=O)(=O)c2cccc([N+](=O)[O-])c2C)cc1Cl. The molecule has 2 aromatic rings. The second kappa shape index (κ2) is 5.94. The third kappa shape index (κ3) is 3.20. The molecule has 0 spiro atoms. The molecule has 0 heterocycles. The normalized spacial score (nSPS) is 11.2. The van der Waals surface area contributed by atoms with Gasteiger partial charge in [0.15, 0.2) is 0 Å². The summed E-state index contributed by atoms with van der Waals surface area (Å²) in [4.78, 5) is 10.2. The smallest absolute Gasteiger partial charge is 0.273 e. The second-order valence-electron chi connectivity index (χ2n) is 4.73. The fourth-order valence-electron chi connectivity index (χ4n) is 1.96. The van der Waals surface area contributed by atoms with Crippen LogP contribution in [-0.2, 0) is 10.0 Å². The van der Waals surface area contributed by atoms with E-state index >= 15 is 0 Å². The van der Waals surface area contributed by atoms with Gasteiger partial charge in [-0.15, -0.1) is 0 Å². The number of rotatable bonds is 4. The Kier molecular flexibility index (Phi) is 4.39. The molecule has 0 aromatic heterocycles. The van der Waals surface area contributed by atoms with E-state index in [4.69, 9.17) is 11.6 Å². The van der Waals surface area contributed by atoms with Crippen LogP contribution in [0.1, 0.15) is 11.1 Å². The Hall–Kier alpha value is -2.12. The zero-order valence-electron chi connectivity index (χ0n) is 11.8. The maximum atomic E-state index is 12.4.